The average molecular weight is 333 g/mol. The van der Waals surface area contributed by atoms with Gasteiger partial charge in [0.1, 0.15) is 11.3 Å². The van der Waals surface area contributed by atoms with Gasteiger partial charge in [0.05, 0.1) is 12.1 Å². The number of fused-ring (bicyclic) bond motifs is 1. The molecule has 0 spiro atoms. The normalized spacial score (nSPS) is 18.0. The van der Waals surface area contributed by atoms with Crippen molar-refractivity contribution in [1.82, 2.24) is 0 Å². The van der Waals surface area contributed by atoms with E-state index in [9.17, 15) is 9.36 Å². The van der Waals surface area contributed by atoms with Gasteiger partial charge in [0.2, 0.25) is 5.85 Å². The molecule has 1 aliphatic heterocycles. The Bertz CT molecular complexity index is 633. The number of ether oxygens (including phenoxy) is 2. The van der Waals surface area contributed by atoms with Crippen molar-refractivity contribution >= 4 is 30.2 Å². The highest BCUT2D eigenvalue weighted by Gasteiger charge is 2.46. The molecule has 114 valence electrons. The lowest BCUT2D eigenvalue weighted by molar-refractivity contribution is -0.136. The molecule has 0 amide bonds. The number of esters is 1. The Morgan fingerprint density at radius 2 is 1.86 bits per heavy atom. The molecule has 0 bridgehead atoms. The van der Waals surface area contributed by atoms with E-state index in [-0.39, 0.29) is 10.6 Å². The summed E-state index contributed by atoms with van der Waals surface area (Å²) in [7, 11) is -0.131. The van der Waals surface area contributed by atoms with Gasteiger partial charge in [-0.2, -0.15) is 0 Å². The van der Waals surface area contributed by atoms with Crippen LogP contribution in [0.4, 0.5) is 0 Å². The average Bonchev–Trinajstić information content (AvgIpc) is 2.53. The van der Waals surface area contributed by atoms with Crippen molar-refractivity contribution in [2.45, 2.75) is 5.85 Å². The monoisotopic (exact) mass is 332 g/mol. The standard InChI is InChI=1S/C13H14ClO6P/c1-17-12(15)10-11(14)8-6-4-5-7-9(8)20-13(10)21(16,18-2)19-3/h4-7,13H,1-3H3. The van der Waals surface area contributed by atoms with Gasteiger partial charge in [-0.3, -0.25) is 4.57 Å². The highest BCUT2D eigenvalue weighted by Crippen LogP contribution is 2.58. The van der Waals surface area contributed by atoms with Gasteiger partial charge in [0.15, 0.2) is 0 Å². The molecule has 21 heavy (non-hydrogen) atoms. The maximum Gasteiger partial charge on any atom is 0.375 e. The third-order valence-corrected chi connectivity index (χ3v) is 5.41. The lowest BCUT2D eigenvalue weighted by atomic mass is 10.1. The van der Waals surface area contributed by atoms with Gasteiger partial charge in [-0.25, -0.2) is 4.79 Å². The van der Waals surface area contributed by atoms with Crippen LogP contribution in [0, 0.1) is 0 Å². The fourth-order valence-electron chi connectivity index (χ4n) is 1.97. The van der Waals surface area contributed by atoms with Crippen molar-refractivity contribution in [3.8, 4) is 5.75 Å². The summed E-state index contributed by atoms with van der Waals surface area (Å²) < 4.78 is 32.8. The summed E-state index contributed by atoms with van der Waals surface area (Å²) in [5.74, 6) is -1.66. The fraction of sp³-hybridized carbons (Fsp3) is 0.308. The molecule has 1 aliphatic rings. The molecule has 1 unspecified atom stereocenters. The lowest BCUT2D eigenvalue weighted by Crippen LogP contribution is -2.30. The van der Waals surface area contributed by atoms with Gasteiger partial charge in [-0.15, -0.1) is 0 Å². The van der Waals surface area contributed by atoms with Gasteiger partial charge < -0.3 is 18.5 Å². The predicted molar refractivity (Wildman–Crippen MR) is 77.3 cm³/mol. The minimum Gasteiger partial charge on any atom is -0.472 e. The van der Waals surface area contributed by atoms with Crippen molar-refractivity contribution in [2.24, 2.45) is 0 Å². The molecule has 0 saturated carbocycles. The summed E-state index contributed by atoms with van der Waals surface area (Å²) in [5, 5.41) is 0.100. The molecule has 0 fully saturated rings. The van der Waals surface area contributed by atoms with E-state index in [2.05, 4.69) is 0 Å². The van der Waals surface area contributed by atoms with Gasteiger partial charge in [-0.05, 0) is 12.1 Å². The summed E-state index contributed by atoms with van der Waals surface area (Å²) in [6.45, 7) is 0. The third kappa shape index (κ3) is 2.72. The van der Waals surface area contributed by atoms with Gasteiger partial charge >= 0.3 is 13.6 Å². The van der Waals surface area contributed by atoms with Crippen LogP contribution in [0.3, 0.4) is 0 Å². The Balaban J connectivity index is 2.65. The number of rotatable bonds is 4. The molecule has 0 saturated heterocycles. The Kier molecular flexibility index (Phi) is 4.74. The Hall–Kier alpha value is -1.33. The lowest BCUT2D eigenvalue weighted by Gasteiger charge is -2.30. The quantitative estimate of drug-likeness (QED) is 0.623. The molecule has 2 rings (SSSR count). The summed E-state index contributed by atoms with van der Waals surface area (Å²) in [5.41, 5.74) is 0.416. The first-order chi connectivity index (χ1) is 9.98. The maximum absolute atomic E-state index is 12.6. The second-order valence-electron chi connectivity index (χ2n) is 4.09. The van der Waals surface area contributed by atoms with Crippen LogP contribution >= 0.6 is 19.2 Å². The first-order valence-corrected chi connectivity index (χ1v) is 7.92. The third-order valence-electron chi connectivity index (χ3n) is 3.05. The fourth-order valence-corrected chi connectivity index (χ4v) is 3.71. The summed E-state index contributed by atoms with van der Waals surface area (Å²) >= 11 is 6.27. The molecular formula is C13H14ClO6P. The van der Waals surface area contributed by atoms with Crippen LogP contribution in [-0.4, -0.2) is 33.1 Å². The van der Waals surface area contributed by atoms with Crippen molar-refractivity contribution in [3.05, 3.63) is 35.4 Å². The molecule has 6 nitrogen and oxygen atoms in total. The number of para-hydroxylation sites is 1. The van der Waals surface area contributed by atoms with E-state index >= 15 is 0 Å². The number of hydrogen-bond donors (Lipinski definition) is 0. The zero-order valence-corrected chi connectivity index (χ0v) is 13.3. The maximum atomic E-state index is 12.6. The van der Waals surface area contributed by atoms with Crippen LogP contribution in [0.15, 0.2) is 29.8 Å². The number of carbonyl (C=O) groups is 1. The Morgan fingerprint density at radius 1 is 1.24 bits per heavy atom. The number of carbonyl (C=O) groups excluding carboxylic acids is 1. The molecule has 0 N–H and O–H groups in total. The van der Waals surface area contributed by atoms with E-state index in [4.69, 9.17) is 30.1 Å². The SMILES string of the molecule is COC(=O)C1=C(Cl)c2ccccc2OC1P(=O)(OC)OC. The van der Waals surface area contributed by atoms with Crippen LogP contribution in [-0.2, 0) is 23.1 Å². The largest absolute Gasteiger partial charge is 0.472 e. The van der Waals surface area contributed by atoms with Crippen LogP contribution in [0.2, 0.25) is 0 Å². The van der Waals surface area contributed by atoms with Gasteiger partial charge in [-0.1, -0.05) is 23.7 Å². The first-order valence-electron chi connectivity index (χ1n) is 5.93. The molecule has 1 aromatic carbocycles. The summed E-state index contributed by atoms with van der Waals surface area (Å²) in [6, 6.07) is 6.80. The molecule has 1 aromatic rings. The highest BCUT2D eigenvalue weighted by molar-refractivity contribution is 7.54. The summed E-state index contributed by atoms with van der Waals surface area (Å²) in [6.07, 6.45) is 0. The van der Waals surface area contributed by atoms with Gasteiger partial charge in [0.25, 0.3) is 0 Å². The molecule has 8 heteroatoms. The highest BCUT2D eigenvalue weighted by atomic mass is 35.5. The van der Waals surface area contributed by atoms with E-state index in [0.29, 0.717) is 11.3 Å². The first kappa shape index (κ1) is 16.0. The number of benzene rings is 1. The predicted octanol–water partition coefficient (Wildman–Crippen LogP) is 3.01. The van der Waals surface area contributed by atoms with E-state index in [1.807, 2.05) is 0 Å². The Labute approximate surface area is 127 Å². The topological polar surface area (TPSA) is 71.1 Å². The molecular weight excluding hydrogens is 319 g/mol. The number of hydrogen-bond acceptors (Lipinski definition) is 6. The molecule has 0 aliphatic carbocycles. The zero-order valence-electron chi connectivity index (χ0n) is 11.7. The minimum absolute atomic E-state index is 0.0927. The zero-order chi connectivity index (χ0) is 15.6. The molecule has 1 atom stereocenters. The van der Waals surface area contributed by atoms with Crippen molar-refractivity contribution in [2.75, 3.05) is 21.3 Å². The summed E-state index contributed by atoms with van der Waals surface area (Å²) in [4.78, 5) is 12.0. The van der Waals surface area contributed by atoms with Crippen LogP contribution < -0.4 is 4.74 Å². The van der Waals surface area contributed by atoms with Crippen molar-refractivity contribution in [1.29, 1.82) is 0 Å². The van der Waals surface area contributed by atoms with Crippen LogP contribution in [0.5, 0.6) is 5.75 Å². The van der Waals surface area contributed by atoms with Gasteiger partial charge in [0, 0.05) is 19.8 Å². The van der Waals surface area contributed by atoms with Crippen LogP contribution in [0.1, 0.15) is 5.56 Å². The van der Waals surface area contributed by atoms with E-state index in [0.717, 1.165) is 0 Å². The minimum atomic E-state index is -3.74. The van der Waals surface area contributed by atoms with E-state index in [1.165, 1.54) is 21.3 Å². The Morgan fingerprint density at radius 3 is 2.43 bits per heavy atom. The molecule has 1 heterocycles. The van der Waals surface area contributed by atoms with Crippen LogP contribution in [0.25, 0.3) is 5.03 Å². The van der Waals surface area contributed by atoms with E-state index < -0.39 is 19.4 Å². The molecule has 0 aromatic heterocycles. The number of methoxy groups -OCH3 is 1. The van der Waals surface area contributed by atoms with Crippen molar-refractivity contribution < 1.29 is 27.9 Å². The smallest absolute Gasteiger partial charge is 0.375 e. The molecule has 0 radical (unpaired) electrons. The second kappa shape index (κ2) is 6.20. The van der Waals surface area contributed by atoms with E-state index in [1.54, 1.807) is 24.3 Å². The number of halogens is 1. The second-order valence-corrected chi connectivity index (χ2v) is 6.75. The van der Waals surface area contributed by atoms with Crippen molar-refractivity contribution in [3.63, 3.8) is 0 Å².